The van der Waals surface area contributed by atoms with Gasteiger partial charge in [-0.2, -0.15) is 0 Å². The van der Waals surface area contributed by atoms with Crippen LogP contribution in [-0.4, -0.2) is 50.5 Å². The zero-order valence-corrected chi connectivity index (χ0v) is 12.5. The van der Waals surface area contributed by atoms with Crippen LogP contribution in [0.1, 0.15) is 40.0 Å². The predicted molar refractivity (Wildman–Crippen MR) is 75.2 cm³/mol. The van der Waals surface area contributed by atoms with E-state index in [1.165, 1.54) is 0 Å². The van der Waals surface area contributed by atoms with E-state index in [0.29, 0.717) is 19.8 Å². The van der Waals surface area contributed by atoms with Gasteiger partial charge in [0.1, 0.15) is 0 Å². The van der Waals surface area contributed by atoms with Crippen LogP contribution in [0.2, 0.25) is 0 Å². The number of ether oxygens (including phenoxy) is 2. The second kappa shape index (κ2) is 8.51. The average Bonchev–Trinajstić information content (AvgIpc) is 2.86. The molecule has 1 aliphatic heterocycles. The number of hydrogen-bond donors (Lipinski definition) is 2. The molecule has 1 unspecified atom stereocenters. The van der Waals surface area contributed by atoms with Gasteiger partial charge in [0.15, 0.2) is 0 Å². The van der Waals surface area contributed by atoms with E-state index in [2.05, 4.69) is 10.6 Å². The maximum Gasteiger partial charge on any atom is 0.239 e. The Labute approximate surface area is 116 Å². The van der Waals surface area contributed by atoms with Crippen molar-refractivity contribution in [3.63, 3.8) is 0 Å². The van der Waals surface area contributed by atoms with E-state index in [1.807, 2.05) is 20.8 Å². The van der Waals surface area contributed by atoms with Gasteiger partial charge in [-0.15, -0.1) is 0 Å². The first-order chi connectivity index (χ1) is 9.06. The van der Waals surface area contributed by atoms with Crippen LogP contribution in [0, 0.1) is 0 Å². The van der Waals surface area contributed by atoms with Gasteiger partial charge in [-0.1, -0.05) is 6.92 Å². The number of likely N-dealkylation sites (N-methyl/N-ethyl adjacent to an activating group) is 1. The third-order valence-electron chi connectivity index (χ3n) is 3.27. The standard InChI is InChI=1S/C14H28N2O3/c1-4-16-14(2,3)13(17)15-8-6-9-18-11-12-7-5-10-19-12/h12,16H,4-11H2,1-3H3,(H,15,17). The summed E-state index contributed by atoms with van der Waals surface area (Å²) in [6.07, 6.45) is 3.36. The zero-order chi connectivity index (χ0) is 14.1. The molecule has 5 heteroatoms. The fourth-order valence-electron chi connectivity index (χ4n) is 2.11. The highest BCUT2D eigenvalue weighted by molar-refractivity contribution is 5.85. The number of amides is 1. The van der Waals surface area contributed by atoms with Crippen LogP contribution in [0.5, 0.6) is 0 Å². The van der Waals surface area contributed by atoms with Gasteiger partial charge in [0.2, 0.25) is 5.91 Å². The summed E-state index contributed by atoms with van der Waals surface area (Å²) in [6.45, 7) is 9.42. The first-order valence-electron chi connectivity index (χ1n) is 7.29. The molecule has 1 fully saturated rings. The van der Waals surface area contributed by atoms with E-state index in [-0.39, 0.29) is 12.0 Å². The molecule has 1 saturated heterocycles. The van der Waals surface area contributed by atoms with Gasteiger partial charge in [-0.25, -0.2) is 0 Å². The Balaban J connectivity index is 1.99. The Bertz CT molecular complexity index is 263. The lowest BCUT2D eigenvalue weighted by Crippen LogP contribution is -2.52. The monoisotopic (exact) mass is 272 g/mol. The highest BCUT2D eigenvalue weighted by Gasteiger charge is 2.25. The fourth-order valence-corrected chi connectivity index (χ4v) is 2.11. The first-order valence-corrected chi connectivity index (χ1v) is 7.29. The lowest BCUT2D eigenvalue weighted by Gasteiger charge is -2.24. The normalized spacial score (nSPS) is 19.6. The van der Waals surface area contributed by atoms with Crippen molar-refractivity contribution < 1.29 is 14.3 Å². The van der Waals surface area contributed by atoms with Gasteiger partial charge in [-0.05, 0) is 39.7 Å². The van der Waals surface area contributed by atoms with E-state index in [0.717, 1.165) is 32.4 Å². The third kappa shape index (κ3) is 6.36. The van der Waals surface area contributed by atoms with E-state index in [1.54, 1.807) is 0 Å². The molecule has 1 rings (SSSR count). The van der Waals surface area contributed by atoms with Gasteiger partial charge in [0, 0.05) is 19.8 Å². The molecule has 19 heavy (non-hydrogen) atoms. The summed E-state index contributed by atoms with van der Waals surface area (Å²) in [5, 5.41) is 6.07. The van der Waals surface area contributed by atoms with Crippen LogP contribution in [0.4, 0.5) is 0 Å². The van der Waals surface area contributed by atoms with Crippen LogP contribution in [-0.2, 0) is 14.3 Å². The lowest BCUT2D eigenvalue weighted by molar-refractivity contribution is -0.126. The van der Waals surface area contributed by atoms with Gasteiger partial charge < -0.3 is 20.1 Å². The number of rotatable bonds is 9. The van der Waals surface area contributed by atoms with Gasteiger partial charge >= 0.3 is 0 Å². The van der Waals surface area contributed by atoms with E-state index in [4.69, 9.17) is 9.47 Å². The molecule has 112 valence electrons. The van der Waals surface area contributed by atoms with Crippen LogP contribution >= 0.6 is 0 Å². The molecule has 1 amide bonds. The van der Waals surface area contributed by atoms with Crippen molar-refractivity contribution in [3.8, 4) is 0 Å². The highest BCUT2D eigenvalue weighted by atomic mass is 16.5. The van der Waals surface area contributed by atoms with Crippen molar-refractivity contribution in [1.82, 2.24) is 10.6 Å². The quantitative estimate of drug-likeness (QED) is 0.617. The second-order valence-corrected chi connectivity index (χ2v) is 5.47. The summed E-state index contributed by atoms with van der Waals surface area (Å²) in [7, 11) is 0. The molecule has 0 aromatic rings. The predicted octanol–water partition coefficient (Wildman–Crippen LogP) is 1.08. The number of hydrogen-bond acceptors (Lipinski definition) is 4. The summed E-state index contributed by atoms with van der Waals surface area (Å²) in [4.78, 5) is 11.9. The number of carbonyl (C=O) groups excluding carboxylic acids is 1. The smallest absolute Gasteiger partial charge is 0.239 e. The largest absolute Gasteiger partial charge is 0.379 e. The number of nitrogens with one attached hydrogen (secondary N) is 2. The SMILES string of the molecule is CCNC(C)(C)C(=O)NCCCOCC1CCCO1. The van der Waals surface area contributed by atoms with Crippen molar-refractivity contribution in [2.24, 2.45) is 0 Å². The van der Waals surface area contributed by atoms with Crippen LogP contribution in [0.3, 0.4) is 0 Å². The molecular formula is C14H28N2O3. The molecule has 0 bridgehead atoms. The molecule has 0 aromatic carbocycles. The second-order valence-electron chi connectivity index (χ2n) is 5.47. The molecule has 0 radical (unpaired) electrons. The number of carbonyl (C=O) groups is 1. The van der Waals surface area contributed by atoms with Crippen molar-refractivity contribution in [1.29, 1.82) is 0 Å². The van der Waals surface area contributed by atoms with Gasteiger partial charge in [0.25, 0.3) is 0 Å². The van der Waals surface area contributed by atoms with Crippen LogP contribution in [0.25, 0.3) is 0 Å². The minimum atomic E-state index is -0.507. The van der Waals surface area contributed by atoms with E-state index in [9.17, 15) is 4.79 Å². The Morgan fingerprint density at radius 1 is 1.47 bits per heavy atom. The Kier molecular flexibility index (Phi) is 7.34. The van der Waals surface area contributed by atoms with Gasteiger partial charge in [0.05, 0.1) is 18.2 Å². The fraction of sp³-hybridized carbons (Fsp3) is 0.929. The summed E-state index contributed by atoms with van der Waals surface area (Å²) >= 11 is 0. The van der Waals surface area contributed by atoms with Crippen LogP contribution < -0.4 is 10.6 Å². The van der Waals surface area contributed by atoms with E-state index >= 15 is 0 Å². The Hall–Kier alpha value is -0.650. The maximum absolute atomic E-state index is 11.9. The summed E-state index contributed by atoms with van der Waals surface area (Å²) in [6, 6.07) is 0. The first kappa shape index (κ1) is 16.4. The van der Waals surface area contributed by atoms with Gasteiger partial charge in [-0.3, -0.25) is 4.79 Å². The van der Waals surface area contributed by atoms with Crippen molar-refractivity contribution >= 4 is 5.91 Å². The molecule has 2 N–H and O–H groups in total. The highest BCUT2D eigenvalue weighted by Crippen LogP contribution is 2.11. The molecule has 0 saturated carbocycles. The van der Waals surface area contributed by atoms with E-state index < -0.39 is 5.54 Å². The average molecular weight is 272 g/mol. The molecule has 5 nitrogen and oxygen atoms in total. The summed E-state index contributed by atoms with van der Waals surface area (Å²) < 4.78 is 11.0. The molecule has 0 aliphatic carbocycles. The Morgan fingerprint density at radius 3 is 2.89 bits per heavy atom. The molecule has 0 spiro atoms. The maximum atomic E-state index is 11.9. The third-order valence-corrected chi connectivity index (χ3v) is 3.27. The molecule has 1 aliphatic rings. The molecule has 1 heterocycles. The lowest BCUT2D eigenvalue weighted by atomic mass is 10.0. The van der Waals surface area contributed by atoms with Crippen molar-refractivity contribution in [3.05, 3.63) is 0 Å². The van der Waals surface area contributed by atoms with Crippen molar-refractivity contribution in [2.45, 2.75) is 51.7 Å². The molecular weight excluding hydrogens is 244 g/mol. The molecule has 1 atom stereocenters. The summed E-state index contributed by atoms with van der Waals surface area (Å²) in [5.41, 5.74) is -0.507. The Morgan fingerprint density at radius 2 is 2.26 bits per heavy atom. The minimum absolute atomic E-state index is 0.0356. The summed E-state index contributed by atoms with van der Waals surface area (Å²) in [5.74, 6) is 0.0356. The van der Waals surface area contributed by atoms with Crippen molar-refractivity contribution in [2.75, 3.05) is 32.9 Å². The topological polar surface area (TPSA) is 59.6 Å². The minimum Gasteiger partial charge on any atom is -0.379 e. The van der Waals surface area contributed by atoms with Crippen LogP contribution in [0.15, 0.2) is 0 Å². The zero-order valence-electron chi connectivity index (χ0n) is 12.5. The molecule has 0 aromatic heterocycles.